The topological polar surface area (TPSA) is 0 Å². The first-order valence-corrected chi connectivity index (χ1v) is 5.37. The highest BCUT2D eigenvalue weighted by Crippen LogP contribution is 2.30. The van der Waals surface area contributed by atoms with Crippen molar-refractivity contribution < 1.29 is 0 Å². The Kier molecular flexibility index (Phi) is 3.57. The van der Waals surface area contributed by atoms with E-state index < -0.39 is 0 Å². The molecule has 0 aliphatic carbocycles. The molecule has 1 aromatic rings. The predicted molar refractivity (Wildman–Crippen MR) is 63.2 cm³/mol. The van der Waals surface area contributed by atoms with E-state index in [0.29, 0.717) is 0 Å². The van der Waals surface area contributed by atoms with Crippen LogP contribution in [0.1, 0.15) is 25.0 Å². The van der Waals surface area contributed by atoms with E-state index in [4.69, 9.17) is 11.6 Å². The smallest absolute Gasteiger partial charge is 0.0420 e. The van der Waals surface area contributed by atoms with Gasteiger partial charge >= 0.3 is 0 Å². The van der Waals surface area contributed by atoms with Crippen LogP contribution >= 0.6 is 27.5 Å². The van der Waals surface area contributed by atoms with Crippen molar-refractivity contribution in [3.05, 3.63) is 39.3 Å². The molecule has 1 aromatic carbocycles. The van der Waals surface area contributed by atoms with Crippen LogP contribution in [0.2, 0.25) is 5.02 Å². The summed E-state index contributed by atoms with van der Waals surface area (Å²) in [6.45, 7) is 8.07. The summed E-state index contributed by atoms with van der Waals surface area (Å²) in [7, 11) is 0. The third kappa shape index (κ3) is 2.35. The molecule has 0 heterocycles. The maximum absolute atomic E-state index is 5.95. The minimum Gasteiger partial charge on any atom is -0.0955 e. The van der Waals surface area contributed by atoms with Crippen molar-refractivity contribution >= 4 is 33.1 Å². The van der Waals surface area contributed by atoms with Gasteiger partial charge in [-0.25, -0.2) is 0 Å². The lowest BCUT2D eigenvalue weighted by molar-refractivity contribution is 1.12. The maximum atomic E-state index is 5.95. The van der Waals surface area contributed by atoms with Gasteiger partial charge in [-0.15, -0.1) is 0 Å². The number of allylic oxidation sites excluding steroid dienone is 1. The Bertz CT molecular complexity index is 342. The molecule has 1 rings (SSSR count). The van der Waals surface area contributed by atoms with Crippen LogP contribution in [-0.4, -0.2) is 0 Å². The second-order valence-electron chi connectivity index (χ2n) is 3.06. The zero-order chi connectivity index (χ0) is 10.0. The van der Waals surface area contributed by atoms with Crippen molar-refractivity contribution in [1.82, 2.24) is 0 Å². The molecule has 0 aromatic heterocycles. The summed E-state index contributed by atoms with van der Waals surface area (Å²) in [4.78, 5) is 0. The fourth-order valence-corrected chi connectivity index (χ4v) is 2.60. The summed E-state index contributed by atoms with van der Waals surface area (Å²) in [5.41, 5.74) is 3.50. The Morgan fingerprint density at radius 1 is 1.54 bits per heavy atom. The van der Waals surface area contributed by atoms with E-state index in [1.807, 2.05) is 19.1 Å². The number of rotatable bonds is 2. The molecule has 13 heavy (non-hydrogen) atoms. The number of aryl methyl sites for hydroxylation is 1. The molecule has 0 bridgehead atoms. The van der Waals surface area contributed by atoms with Gasteiger partial charge in [-0.05, 0) is 42.2 Å². The van der Waals surface area contributed by atoms with Crippen LogP contribution in [0, 0.1) is 0 Å². The van der Waals surface area contributed by atoms with Crippen LogP contribution < -0.4 is 0 Å². The minimum atomic E-state index is 0.772. The summed E-state index contributed by atoms with van der Waals surface area (Å²) in [5.74, 6) is 0. The first-order valence-electron chi connectivity index (χ1n) is 4.20. The molecule has 70 valence electrons. The van der Waals surface area contributed by atoms with E-state index in [0.717, 1.165) is 21.5 Å². The lowest BCUT2D eigenvalue weighted by Gasteiger charge is -2.10. The largest absolute Gasteiger partial charge is 0.0955 e. The second-order valence-corrected chi connectivity index (χ2v) is 4.35. The molecule has 0 saturated heterocycles. The maximum Gasteiger partial charge on any atom is 0.0420 e. The number of hydrogen-bond acceptors (Lipinski definition) is 0. The Balaban J connectivity index is 3.38. The average molecular weight is 260 g/mol. The molecule has 0 N–H and O–H groups in total. The van der Waals surface area contributed by atoms with Gasteiger partial charge in [0.1, 0.15) is 0 Å². The monoisotopic (exact) mass is 258 g/mol. The Hall–Kier alpha value is -0.270. The summed E-state index contributed by atoms with van der Waals surface area (Å²) in [6.07, 6.45) is 0.974. The van der Waals surface area contributed by atoms with Gasteiger partial charge in [-0.3, -0.25) is 0 Å². The molecule has 2 heteroatoms. The Labute approximate surface area is 92.7 Å². The van der Waals surface area contributed by atoms with Gasteiger partial charge in [-0.2, -0.15) is 0 Å². The summed E-state index contributed by atoms with van der Waals surface area (Å²) >= 11 is 9.44. The molecule has 0 saturated carbocycles. The zero-order valence-electron chi connectivity index (χ0n) is 7.82. The summed E-state index contributed by atoms with van der Waals surface area (Å²) in [6, 6.07) is 3.90. The van der Waals surface area contributed by atoms with Gasteiger partial charge in [-0.1, -0.05) is 41.0 Å². The van der Waals surface area contributed by atoms with Crippen molar-refractivity contribution in [3.63, 3.8) is 0 Å². The van der Waals surface area contributed by atoms with Crippen molar-refractivity contribution in [2.75, 3.05) is 0 Å². The second kappa shape index (κ2) is 4.30. The molecular weight excluding hydrogens is 247 g/mol. The number of halogens is 2. The van der Waals surface area contributed by atoms with Gasteiger partial charge in [0.15, 0.2) is 0 Å². The molecule has 0 aliphatic rings. The van der Waals surface area contributed by atoms with E-state index in [-0.39, 0.29) is 0 Å². The standard InChI is InChI=1S/C11H12BrCl/c1-4-8-5-9(13)6-10(12)11(8)7(2)3/h5-6H,2,4H2,1,3H3. The van der Waals surface area contributed by atoms with Gasteiger partial charge in [0.05, 0.1) is 0 Å². The average Bonchev–Trinajstić information content (AvgIpc) is 2.01. The van der Waals surface area contributed by atoms with Crippen molar-refractivity contribution in [2.24, 2.45) is 0 Å². The van der Waals surface area contributed by atoms with Crippen molar-refractivity contribution in [2.45, 2.75) is 20.3 Å². The van der Waals surface area contributed by atoms with Gasteiger partial charge in [0.2, 0.25) is 0 Å². The van der Waals surface area contributed by atoms with Crippen LogP contribution in [0.3, 0.4) is 0 Å². The fraction of sp³-hybridized carbons (Fsp3) is 0.273. The van der Waals surface area contributed by atoms with Crippen LogP contribution in [-0.2, 0) is 6.42 Å². The van der Waals surface area contributed by atoms with Crippen molar-refractivity contribution in [3.8, 4) is 0 Å². The highest BCUT2D eigenvalue weighted by atomic mass is 79.9. The highest BCUT2D eigenvalue weighted by Gasteiger charge is 2.07. The Morgan fingerprint density at radius 3 is 2.62 bits per heavy atom. The predicted octanol–water partition coefficient (Wildman–Crippen LogP) is 4.70. The van der Waals surface area contributed by atoms with Crippen LogP contribution in [0.15, 0.2) is 23.2 Å². The highest BCUT2D eigenvalue weighted by molar-refractivity contribution is 9.10. The van der Waals surface area contributed by atoms with E-state index in [1.54, 1.807) is 0 Å². The number of hydrogen-bond donors (Lipinski definition) is 0. The van der Waals surface area contributed by atoms with Crippen LogP contribution in [0.4, 0.5) is 0 Å². The molecule has 0 amide bonds. The molecule has 0 atom stereocenters. The van der Waals surface area contributed by atoms with Gasteiger partial charge < -0.3 is 0 Å². The molecule has 0 unspecified atom stereocenters. The van der Waals surface area contributed by atoms with Crippen LogP contribution in [0.5, 0.6) is 0 Å². The quantitative estimate of drug-likeness (QED) is 0.722. The zero-order valence-corrected chi connectivity index (χ0v) is 10.2. The lowest BCUT2D eigenvalue weighted by Crippen LogP contribution is -1.91. The molecular formula is C11H12BrCl. The first-order chi connectivity index (χ1) is 6.06. The lowest BCUT2D eigenvalue weighted by atomic mass is 10.0. The molecule has 0 radical (unpaired) electrons. The first kappa shape index (κ1) is 10.8. The summed E-state index contributed by atoms with van der Waals surface area (Å²) < 4.78 is 1.03. The third-order valence-corrected chi connectivity index (χ3v) is 2.79. The number of benzene rings is 1. The van der Waals surface area contributed by atoms with E-state index in [1.165, 1.54) is 11.1 Å². The molecule has 0 nitrogen and oxygen atoms in total. The van der Waals surface area contributed by atoms with Crippen molar-refractivity contribution in [1.29, 1.82) is 0 Å². The van der Waals surface area contributed by atoms with E-state index in [9.17, 15) is 0 Å². The molecule has 0 fully saturated rings. The van der Waals surface area contributed by atoms with Crippen LogP contribution in [0.25, 0.3) is 5.57 Å². The van der Waals surface area contributed by atoms with Gasteiger partial charge in [0, 0.05) is 9.50 Å². The Morgan fingerprint density at radius 2 is 2.15 bits per heavy atom. The third-order valence-electron chi connectivity index (χ3n) is 1.94. The molecule has 0 spiro atoms. The normalized spacial score (nSPS) is 10.2. The molecule has 0 aliphatic heterocycles. The van der Waals surface area contributed by atoms with E-state index >= 15 is 0 Å². The fourth-order valence-electron chi connectivity index (χ4n) is 1.38. The van der Waals surface area contributed by atoms with E-state index in [2.05, 4.69) is 29.4 Å². The van der Waals surface area contributed by atoms with Gasteiger partial charge in [0.25, 0.3) is 0 Å². The SMILES string of the molecule is C=C(C)c1c(Br)cc(Cl)cc1CC. The summed E-state index contributed by atoms with van der Waals surface area (Å²) in [5, 5.41) is 0.772. The minimum absolute atomic E-state index is 0.772.